The van der Waals surface area contributed by atoms with Crippen molar-refractivity contribution in [3.8, 4) is 5.75 Å². The van der Waals surface area contributed by atoms with Gasteiger partial charge in [0.2, 0.25) is 0 Å². The zero-order valence-electron chi connectivity index (χ0n) is 8.88. The Balaban J connectivity index is 2.17. The second-order valence-electron chi connectivity index (χ2n) is 4.68. The molecule has 0 bridgehead atoms. The van der Waals surface area contributed by atoms with Gasteiger partial charge in [0, 0.05) is 5.56 Å². The Labute approximate surface area is 89.2 Å². The van der Waals surface area contributed by atoms with Crippen molar-refractivity contribution >= 4 is 5.97 Å². The third kappa shape index (κ3) is 1.08. The van der Waals surface area contributed by atoms with Crippen molar-refractivity contribution in [3.63, 3.8) is 0 Å². The molecule has 0 amide bonds. The lowest BCUT2D eigenvalue weighted by Crippen LogP contribution is -2.30. The molecule has 78 valence electrons. The highest BCUT2D eigenvalue weighted by Crippen LogP contribution is 2.49. The third-order valence-electron chi connectivity index (χ3n) is 3.70. The van der Waals surface area contributed by atoms with Crippen molar-refractivity contribution < 1.29 is 9.53 Å². The highest BCUT2D eigenvalue weighted by molar-refractivity contribution is 5.91. The number of hydrogen-bond acceptors (Lipinski definition) is 2. The third-order valence-corrected chi connectivity index (χ3v) is 3.70. The largest absolute Gasteiger partial charge is 0.426 e. The fraction of sp³-hybridized carbons (Fsp3) is 0.462. The van der Waals surface area contributed by atoms with E-state index < -0.39 is 0 Å². The summed E-state index contributed by atoms with van der Waals surface area (Å²) in [5, 5.41) is 0. The van der Waals surface area contributed by atoms with E-state index >= 15 is 0 Å². The van der Waals surface area contributed by atoms with Crippen molar-refractivity contribution in [3.05, 3.63) is 29.3 Å². The maximum atomic E-state index is 11.9. The zero-order valence-corrected chi connectivity index (χ0v) is 8.88. The lowest BCUT2D eigenvalue weighted by atomic mass is 9.80. The number of carbonyl (C=O) groups is 1. The van der Waals surface area contributed by atoms with Crippen LogP contribution in [0.5, 0.6) is 5.75 Å². The highest BCUT2D eigenvalue weighted by atomic mass is 16.5. The van der Waals surface area contributed by atoms with Gasteiger partial charge in [-0.05, 0) is 31.4 Å². The number of ether oxygens (including phenoxy) is 1. The molecule has 3 rings (SSSR count). The number of rotatable bonds is 0. The number of benzene rings is 1. The van der Waals surface area contributed by atoms with E-state index in [4.69, 9.17) is 4.74 Å². The standard InChI is InChI=1S/C13H14O2/c1-9-4-5-10-11(8-9)15-12(14)13(10)6-2-3-7-13/h4-5,8H,2-3,6-7H2,1H3. The molecule has 0 unspecified atom stereocenters. The van der Waals surface area contributed by atoms with Crippen molar-refractivity contribution in [2.45, 2.75) is 38.0 Å². The second-order valence-corrected chi connectivity index (χ2v) is 4.68. The summed E-state index contributed by atoms with van der Waals surface area (Å²) < 4.78 is 5.39. The van der Waals surface area contributed by atoms with Crippen molar-refractivity contribution in [1.82, 2.24) is 0 Å². The van der Waals surface area contributed by atoms with E-state index in [0.29, 0.717) is 0 Å². The van der Waals surface area contributed by atoms with Crippen LogP contribution in [-0.2, 0) is 10.2 Å². The van der Waals surface area contributed by atoms with Gasteiger partial charge in [-0.25, -0.2) is 0 Å². The first-order valence-corrected chi connectivity index (χ1v) is 5.56. The van der Waals surface area contributed by atoms with Crippen molar-refractivity contribution in [2.75, 3.05) is 0 Å². The maximum absolute atomic E-state index is 11.9. The van der Waals surface area contributed by atoms with Gasteiger partial charge >= 0.3 is 5.97 Å². The Kier molecular flexibility index (Phi) is 1.70. The number of hydrogen-bond donors (Lipinski definition) is 0. The Hall–Kier alpha value is -1.31. The molecule has 15 heavy (non-hydrogen) atoms. The van der Waals surface area contributed by atoms with E-state index in [9.17, 15) is 4.79 Å². The quantitative estimate of drug-likeness (QED) is 0.477. The molecule has 0 aromatic heterocycles. The van der Waals surface area contributed by atoms with Crippen LogP contribution in [-0.4, -0.2) is 5.97 Å². The van der Waals surface area contributed by atoms with Crippen LogP contribution in [0.1, 0.15) is 36.8 Å². The SMILES string of the molecule is Cc1ccc2c(c1)OC(=O)C21CCCC1. The van der Waals surface area contributed by atoms with Gasteiger partial charge < -0.3 is 4.74 Å². The molecule has 1 spiro atoms. The molecule has 1 heterocycles. The van der Waals surface area contributed by atoms with Crippen LogP contribution in [0.3, 0.4) is 0 Å². The summed E-state index contributed by atoms with van der Waals surface area (Å²) >= 11 is 0. The lowest BCUT2D eigenvalue weighted by molar-refractivity contribution is -0.138. The van der Waals surface area contributed by atoms with Crippen LogP contribution in [0.4, 0.5) is 0 Å². The maximum Gasteiger partial charge on any atom is 0.322 e. The molecule has 0 N–H and O–H groups in total. The summed E-state index contributed by atoms with van der Waals surface area (Å²) in [7, 11) is 0. The minimum Gasteiger partial charge on any atom is -0.426 e. The normalized spacial score (nSPS) is 21.8. The van der Waals surface area contributed by atoms with Crippen molar-refractivity contribution in [1.29, 1.82) is 0 Å². The Bertz CT molecular complexity index is 428. The predicted molar refractivity (Wildman–Crippen MR) is 57.0 cm³/mol. The molecule has 1 fully saturated rings. The summed E-state index contributed by atoms with van der Waals surface area (Å²) in [5.74, 6) is 0.766. The van der Waals surface area contributed by atoms with Crippen LogP contribution in [0.2, 0.25) is 0 Å². The van der Waals surface area contributed by atoms with E-state index in [1.54, 1.807) is 0 Å². The molecule has 1 aromatic carbocycles. The van der Waals surface area contributed by atoms with Gasteiger partial charge in [0.15, 0.2) is 0 Å². The van der Waals surface area contributed by atoms with Gasteiger partial charge in [0.1, 0.15) is 5.75 Å². The first-order chi connectivity index (χ1) is 7.22. The number of esters is 1. The molecule has 2 aliphatic rings. The first-order valence-electron chi connectivity index (χ1n) is 5.56. The topological polar surface area (TPSA) is 26.3 Å². The molecular weight excluding hydrogens is 188 g/mol. The van der Waals surface area contributed by atoms with Crippen LogP contribution >= 0.6 is 0 Å². The van der Waals surface area contributed by atoms with Gasteiger partial charge in [0.05, 0.1) is 5.41 Å². The minimum absolute atomic E-state index is 0.0272. The average Bonchev–Trinajstić information content (AvgIpc) is 2.76. The molecule has 0 saturated heterocycles. The zero-order chi connectivity index (χ0) is 10.5. The monoisotopic (exact) mass is 202 g/mol. The highest BCUT2D eigenvalue weighted by Gasteiger charge is 2.50. The summed E-state index contributed by atoms with van der Waals surface area (Å²) in [5.41, 5.74) is 1.98. The summed E-state index contributed by atoms with van der Waals surface area (Å²) in [6.07, 6.45) is 4.20. The fourth-order valence-corrected chi connectivity index (χ4v) is 2.87. The molecule has 1 saturated carbocycles. The van der Waals surface area contributed by atoms with Crippen LogP contribution < -0.4 is 4.74 Å². The first kappa shape index (κ1) is 8.96. The Morgan fingerprint density at radius 1 is 1.27 bits per heavy atom. The van der Waals surface area contributed by atoms with Crippen LogP contribution in [0.15, 0.2) is 18.2 Å². The number of carbonyl (C=O) groups excluding carboxylic acids is 1. The van der Waals surface area contributed by atoms with Gasteiger partial charge in [-0.1, -0.05) is 25.0 Å². The molecule has 2 heteroatoms. The molecule has 0 atom stereocenters. The van der Waals surface area contributed by atoms with E-state index in [0.717, 1.165) is 42.6 Å². The van der Waals surface area contributed by atoms with Crippen LogP contribution in [0, 0.1) is 6.92 Å². The smallest absolute Gasteiger partial charge is 0.322 e. The number of aryl methyl sites for hydroxylation is 1. The van der Waals surface area contributed by atoms with E-state index in [1.807, 2.05) is 13.0 Å². The van der Waals surface area contributed by atoms with Gasteiger partial charge in [-0.3, -0.25) is 4.79 Å². The van der Waals surface area contributed by atoms with Gasteiger partial charge in [0.25, 0.3) is 0 Å². The Morgan fingerprint density at radius 2 is 2.00 bits per heavy atom. The molecule has 0 radical (unpaired) electrons. The average molecular weight is 202 g/mol. The summed E-state index contributed by atoms with van der Waals surface area (Å²) in [6.45, 7) is 2.02. The van der Waals surface area contributed by atoms with E-state index in [1.165, 1.54) is 0 Å². The van der Waals surface area contributed by atoms with Gasteiger partial charge in [-0.15, -0.1) is 0 Å². The fourth-order valence-electron chi connectivity index (χ4n) is 2.87. The molecule has 1 aromatic rings. The predicted octanol–water partition coefficient (Wildman–Crippen LogP) is 2.73. The summed E-state index contributed by atoms with van der Waals surface area (Å²) in [4.78, 5) is 11.9. The van der Waals surface area contributed by atoms with Crippen molar-refractivity contribution in [2.24, 2.45) is 0 Å². The minimum atomic E-state index is -0.289. The van der Waals surface area contributed by atoms with E-state index in [-0.39, 0.29) is 11.4 Å². The number of fused-ring (bicyclic) bond motifs is 2. The molecular formula is C13H14O2. The molecule has 1 aliphatic heterocycles. The summed E-state index contributed by atoms with van der Waals surface area (Å²) in [6, 6.07) is 6.11. The van der Waals surface area contributed by atoms with E-state index in [2.05, 4.69) is 12.1 Å². The molecule has 1 aliphatic carbocycles. The Morgan fingerprint density at radius 3 is 2.73 bits per heavy atom. The second kappa shape index (κ2) is 2.84. The van der Waals surface area contributed by atoms with Crippen LogP contribution in [0.25, 0.3) is 0 Å². The van der Waals surface area contributed by atoms with Gasteiger partial charge in [-0.2, -0.15) is 0 Å². The molecule has 2 nitrogen and oxygen atoms in total. The lowest BCUT2D eigenvalue weighted by Gasteiger charge is -2.18.